The van der Waals surface area contributed by atoms with Gasteiger partial charge in [-0.2, -0.15) is 0 Å². The largest absolute Gasteiger partial charge is 0.477 e. The van der Waals surface area contributed by atoms with Crippen molar-refractivity contribution < 1.29 is 19.1 Å². The number of amides is 1. The number of thioether (sulfide) groups is 1. The lowest BCUT2D eigenvalue weighted by Crippen LogP contribution is -2.32. The van der Waals surface area contributed by atoms with Crippen LogP contribution in [-0.2, 0) is 17.9 Å². The van der Waals surface area contributed by atoms with E-state index in [0.29, 0.717) is 30.6 Å². The van der Waals surface area contributed by atoms with Gasteiger partial charge in [-0.05, 0) is 51.1 Å². The van der Waals surface area contributed by atoms with Crippen LogP contribution in [0.1, 0.15) is 48.7 Å². The number of nitrogens with one attached hydrogen (secondary N) is 3. The lowest BCUT2D eigenvalue weighted by Gasteiger charge is -2.29. The van der Waals surface area contributed by atoms with Crippen LogP contribution in [0.2, 0.25) is 0 Å². The predicted molar refractivity (Wildman–Crippen MR) is 141 cm³/mol. The second kappa shape index (κ2) is 11.0. The van der Waals surface area contributed by atoms with Crippen LogP contribution in [0.5, 0.6) is 0 Å². The van der Waals surface area contributed by atoms with E-state index in [1.54, 1.807) is 17.7 Å². The number of nitrogens with zero attached hydrogens (tertiary/aromatic N) is 4. The van der Waals surface area contributed by atoms with Gasteiger partial charge in [0, 0.05) is 25.3 Å². The van der Waals surface area contributed by atoms with E-state index >= 15 is 0 Å². The number of halogens is 1. The van der Waals surface area contributed by atoms with Crippen molar-refractivity contribution in [1.29, 1.82) is 0 Å². The van der Waals surface area contributed by atoms with E-state index in [0.717, 1.165) is 49.0 Å². The summed E-state index contributed by atoms with van der Waals surface area (Å²) in [4.78, 5) is 48.7. The molecule has 0 radical (unpaired) electrons. The number of carboxylic acid groups (broad SMARTS) is 1. The Morgan fingerprint density at radius 1 is 1.26 bits per heavy atom. The van der Waals surface area contributed by atoms with E-state index in [2.05, 4.69) is 30.9 Å². The lowest BCUT2D eigenvalue weighted by atomic mass is 9.86. The Hall–Kier alpha value is -3.58. The highest BCUT2D eigenvalue weighted by Gasteiger charge is 2.24. The third-order valence-electron chi connectivity index (χ3n) is 6.89. The molecule has 0 saturated heterocycles. The summed E-state index contributed by atoms with van der Waals surface area (Å²) in [5, 5.41) is 19.4. The summed E-state index contributed by atoms with van der Waals surface area (Å²) in [6.45, 7) is 3.55. The van der Waals surface area contributed by atoms with Gasteiger partial charge in [-0.3, -0.25) is 9.59 Å². The summed E-state index contributed by atoms with van der Waals surface area (Å²) in [6, 6.07) is 1.12. The summed E-state index contributed by atoms with van der Waals surface area (Å²) in [5.74, 6) is -0.695. The molecule has 3 aromatic rings. The minimum Gasteiger partial charge on any atom is -0.477 e. The molecule has 13 heteroatoms. The number of fused-ring (bicyclic) bond motifs is 2. The number of aromatic nitrogens is 4. The van der Waals surface area contributed by atoms with Gasteiger partial charge < -0.3 is 25.6 Å². The summed E-state index contributed by atoms with van der Waals surface area (Å²) in [5.41, 5.74) is -0.126. The monoisotopic (exact) mass is 541 g/mol. The number of aryl methyl sites for hydroxylation is 1. The standard InChI is InChI=1S/C25H28FN7O4S/c1-2-33-11-17(25(36)37)20(35)16-7-18(26)21(32-23(16)33)29-14-5-3-13(4-6-14)8-27-9-15-10-28-24-22(30-15)31-19(34)12-38-24/h7,10-11,13-14,27H,2-6,8-9,12H2,1H3,(H,29,32)(H,36,37)(H,30,31,34). The predicted octanol–water partition coefficient (Wildman–Crippen LogP) is 2.85. The zero-order valence-electron chi connectivity index (χ0n) is 20.8. The Morgan fingerprint density at radius 3 is 2.79 bits per heavy atom. The van der Waals surface area contributed by atoms with Gasteiger partial charge in [0.1, 0.15) is 16.2 Å². The van der Waals surface area contributed by atoms with E-state index in [9.17, 15) is 23.9 Å². The van der Waals surface area contributed by atoms with E-state index in [1.807, 2.05) is 0 Å². The topological polar surface area (TPSA) is 151 Å². The minimum absolute atomic E-state index is 0.0402. The van der Waals surface area contributed by atoms with Crippen LogP contribution in [0.15, 0.2) is 28.3 Å². The molecule has 5 rings (SSSR count). The van der Waals surface area contributed by atoms with Crippen molar-refractivity contribution in [2.45, 2.75) is 56.8 Å². The molecule has 38 heavy (non-hydrogen) atoms. The summed E-state index contributed by atoms with van der Waals surface area (Å²) in [6.07, 6.45) is 6.55. The molecule has 1 saturated carbocycles. The van der Waals surface area contributed by atoms with Crippen molar-refractivity contribution in [3.05, 3.63) is 45.8 Å². The first-order valence-corrected chi connectivity index (χ1v) is 13.5. The average Bonchev–Trinajstić information content (AvgIpc) is 2.90. The second-order valence-electron chi connectivity index (χ2n) is 9.50. The maximum atomic E-state index is 14.9. The molecule has 0 spiro atoms. The fraction of sp³-hybridized carbons (Fsp3) is 0.440. The van der Waals surface area contributed by atoms with E-state index in [-0.39, 0.29) is 28.8 Å². The molecule has 4 heterocycles. The fourth-order valence-corrected chi connectivity index (χ4v) is 5.58. The van der Waals surface area contributed by atoms with Gasteiger partial charge >= 0.3 is 5.97 Å². The van der Waals surface area contributed by atoms with Crippen molar-refractivity contribution in [2.75, 3.05) is 22.9 Å². The van der Waals surface area contributed by atoms with Crippen LogP contribution >= 0.6 is 11.8 Å². The number of carbonyl (C=O) groups excluding carboxylic acids is 1. The van der Waals surface area contributed by atoms with Crippen LogP contribution in [0, 0.1) is 11.7 Å². The molecule has 1 amide bonds. The highest BCUT2D eigenvalue weighted by molar-refractivity contribution is 8.00. The zero-order valence-corrected chi connectivity index (χ0v) is 21.6. The normalized spacial score (nSPS) is 19.2. The Labute approximate surface area is 221 Å². The van der Waals surface area contributed by atoms with E-state index in [1.165, 1.54) is 18.0 Å². The molecular formula is C25H28FN7O4S. The SMILES string of the molecule is CCn1cc(C(=O)O)c(=O)c2cc(F)c(NC3CCC(CNCc4cnc5c(n4)NC(=O)CS5)CC3)nc21. The first-order chi connectivity index (χ1) is 18.3. The Morgan fingerprint density at radius 2 is 2.05 bits per heavy atom. The Bertz CT molecular complexity index is 1460. The van der Waals surface area contributed by atoms with Gasteiger partial charge in [0.25, 0.3) is 0 Å². The van der Waals surface area contributed by atoms with E-state index < -0.39 is 22.8 Å². The Kier molecular flexibility index (Phi) is 7.56. The number of pyridine rings is 2. The highest BCUT2D eigenvalue weighted by Crippen LogP contribution is 2.29. The van der Waals surface area contributed by atoms with Crippen LogP contribution < -0.4 is 21.4 Å². The average molecular weight is 542 g/mol. The molecule has 1 aliphatic heterocycles. The zero-order chi connectivity index (χ0) is 26.8. The number of hydrogen-bond acceptors (Lipinski definition) is 9. The van der Waals surface area contributed by atoms with Crippen molar-refractivity contribution in [2.24, 2.45) is 5.92 Å². The fourth-order valence-electron chi connectivity index (χ4n) is 4.88. The van der Waals surface area contributed by atoms with Crippen molar-refractivity contribution >= 4 is 46.3 Å². The number of rotatable bonds is 8. The van der Waals surface area contributed by atoms with Crippen molar-refractivity contribution in [3.63, 3.8) is 0 Å². The summed E-state index contributed by atoms with van der Waals surface area (Å²) in [7, 11) is 0. The van der Waals surface area contributed by atoms with Crippen molar-refractivity contribution in [3.8, 4) is 0 Å². The highest BCUT2D eigenvalue weighted by atomic mass is 32.2. The van der Waals surface area contributed by atoms with Gasteiger partial charge in [-0.15, -0.1) is 0 Å². The first kappa shape index (κ1) is 26.0. The van der Waals surface area contributed by atoms with Crippen LogP contribution in [0.3, 0.4) is 0 Å². The molecule has 1 fully saturated rings. The summed E-state index contributed by atoms with van der Waals surface area (Å²) < 4.78 is 16.4. The molecule has 1 aliphatic carbocycles. The van der Waals surface area contributed by atoms with Gasteiger partial charge in [0.15, 0.2) is 17.5 Å². The smallest absolute Gasteiger partial charge is 0.341 e. The third kappa shape index (κ3) is 5.48. The van der Waals surface area contributed by atoms with Crippen LogP contribution in [0.4, 0.5) is 16.0 Å². The molecule has 4 N–H and O–H groups in total. The maximum Gasteiger partial charge on any atom is 0.341 e. The van der Waals surface area contributed by atoms with E-state index in [4.69, 9.17) is 0 Å². The molecule has 0 atom stereocenters. The first-order valence-electron chi connectivity index (χ1n) is 12.5. The van der Waals surface area contributed by atoms with Gasteiger partial charge in [0.05, 0.1) is 23.0 Å². The molecular weight excluding hydrogens is 513 g/mol. The molecule has 0 aromatic carbocycles. The van der Waals surface area contributed by atoms with Crippen LogP contribution in [0.25, 0.3) is 11.0 Å². The third-order valence-corrected chi connectivity index (χ3v) is 7.87. The molecule has 0 unspecified atom stereocenters. The maximum absolute atomic E-state index is 14.9. The molecule has 0 bridgehead atoms. The molecule has 2 aliphatic rings. The number of carboxylic acids is 1. The lowest BCUT2D eigenvalue weighted by molar-refractivity contribution is -0.113. The number of carbonyl (C=O) groups is 2. The van der Waals surface area contributed by atoms with Crippen molar-refractivity contribution in [1.82, 2.24) is 24.8 Å². The molecule has 200 valence electrons. The van der Waals surface area contributed by atoms with Gasteiger partial charge in [-0.1, -0.05) is 11.8 Å². The molecule has 3 aromatic heterocycles. The van der Waals surface area contributed by atoms with Gasteiger partial charge in [0.2, 0.25) is 11.3 Å². The minimum atomic E-state index is -1.35. The summed E-state index contributed by atoms with van der Waals surface area (Å²) >= 11 is 1.38. The van der Waals surface area contributed by atoms with Gasteiger partial charge in [-0.25, -0.2) is 24.1 Å². The number of hydrogen-bond donors (Lipinski definition) is 4. The quantitative estimate of drug-likeness (QED) is 0.335. The Balaban J connectivity index is 1.17. The second-order valence-corrected chi connectivity index (χ2v) is 10.5. The number of aromatic carboxylic acids is 1. The molecule has 11 nitrogen and oxygen atoms in total. The number of anilines is 2. The van der Waals surface area contributed by atoms with Crippen LogP contribution in [-0.4, -0.2) is 54.8 Å².